The van der Waals surface area contributed by atoms with Gasteiger partial charge >= 0.3 is 18.1 Å². The first-order valence-corrected chi connectivity index (χ1v) is 11.6. The van der Waals surface area contributed by atoms with Crippen LogP contribution in [0.1, 0.15) is 39.5 Å². The van der Waals surface area contributed by atoms with Crippen LogP contribution in [0, 0.1) is 11.8 Å². The Hall–Kier alpha value is -1.14. The number of nitrogens with one attached hydrogen (secondary N) is 1. The normalized spacial score (nSPS) is 19.2. The Morgan fingerprint density at radius 1 is 1.17 bits per heavy atom. The number of rotatable bonds is 10. The molecular weight excluding hydrogens is 435 g/mol. The minimum absolute atomic E-state index is 0.116. The van der Waals surface area contributed by atoms with Crippen LogP contribution in [0.25, 0.3) is 0 Å². The number of aliphatic carboxylic acids is 2. The van der Waals surface area contributed by atoms with Crippen LogP contribution in [0.2, 0.25) is 0 Å². The highest BCUT2D eigenvalue weighted by atomic mass is 33.1. The average Bonchev–Trinajstić information content (AvgIpc) is 2.60. The van der Waals surface area contributed by atoms with E-state index in [0.29, 0.717) is 30.6 Å². The van der Waals surface area contributed by atoms with Crippen molar-refractivity contribution in [3.05, 3.63) is 0 Å². The van der Waals surface area contributed by atoms with Gasteiger partial charge in [-0.25, -0.2) is 4.79 Å². The molecule has 0 bridgehead atoms. The highest BCUT2D eigenvalue weighted by Gasteiger charge is 2.38. The summed E-state index contributed by atoms with van der Waals surface area (Å²) >= 11 is 0. The van der Waals surface area contributed by atoms with Crippen molar-refractivity contribution in [2.75, 3.05) is 24.7 Å². The van der Waals surface area contributed by atoms with Gasteiger partial charge in [0, 0.05) is 31.1 Å². The fraction of sp³-hybridized carbons (Fsp3) is 0.824. The van der Waals surface area contributed by atoms with Gasteiger partial charge in [0.1, 0.15) is 0 Å². The molecule has 1 amide bonds. The zero-order chi connectivity index (χ0) is 22.4. The number of halogens is 3. The Bertz CT molecular complexity index is 520. The molecule has 0 spiro atoms. The van der Waals surface area contributed by atoms with Crippen LogP contribution in [0.5, 0.6) is 0 Å². The molecule has 1 rings (SSSR count). The standard InChI is InChI=1S/C15H27NO4S2.C2HF3O2/c1-11(2)13-9-12(3-6-20-13)10-14(17)16-5-8-22-21-7-4-15(18)19;3-2(4,5)1(6)7/h11-13H,3-10H2,1-2H3,(H,16,17)(H,18,19);(H,6,7). The number of hydrogen-bond donors (Lipinski definition) is 3. The van der Waals surface area contributed by atoms with E-state index in [4.69, 9.17) is 19.7 Å². The summed E-state index contributed by atoms with van der Waals surface area (Å²) in [5.41, 5.74) is 0. The van der Waals surface area contributed by atoms with E-state index in [0.717, 1.165) is 25.2 Å². The zero-order valence-corrected chi connectivity index (χ0v) is 18.0. The van der Waals surface area contributed by atoms with Crippen LogP contribution in [0.4, 0.5) is 13.2 Å². The third-order valence-electron chi connectivity index (χ3n) is 3.87. The zero-order valence-electron chi connectivity index (χ0n) is 16.4. The van der Waals surface area contributed by atoms with Crippen LogP contribution in [-0.4, -0.2) is 65.0 Å². The molecule has 0 aromatic heterocycles. The summed E-state index contributed by atoms with van der Waals surface area (Å²) in [6, 6.07) is 0. The first-order valence-electron chi connectivity index (χ1n) is 9.08. The van der Waals surface area contributed by atoms with E-state index in [-0.39, 0.29) is 18.4 Å². The molecule has 0 aliphatic carbocycles. The summed E-state index contributed by atoms with van der Waals surface area (Å²) in [6.07, 6.45) is -2.08. The first-order chi connectivity index (χ1) is 13.4. The van der Waals surface area contributed by atoms with Crippen molar-refractivity contribution >= 4 is 39.4 Å². The van der Waals surface area contributed by atoms with E-state index >= 15 is 0 Å². The highest BCUT2D eigenvalue weighted by Crippen LogP contribution is 2.27. The Morgan fingerprint density at radius 2 is 1.76 bits per heavy atom. The number of hydrogen-bond acceptors (Lipinski definition) is 6. The summed E-state index contributed by atoms with van der Waals surface area (Å²) in [4.78, 5) is 31.2. The Kier molecular flexibility index (Phi) is 14.2. The minimum Gasteiger partial charge on any atom is -0.481 e. The monoisotopic (exact) mass is 463 g/mol. The molecule has 29 heavy (non-hydrogen) atoms. The molecular formula is C17H28F3NO6S2. The number of carbonyl (C=O) groups is 3. The molecule has 0 saturated carbocycles. The summed E-state index contributed by atoms with van der Waals surface area (Å²) in [7, 11) is 3.15. The lowest BCUT2D eigenvalue weighted by molar-refractivity contribution is -0.192. The van der Waals surface area contributed by atoms with Crippen molar-refractivity contribution in [2.45, 2.75) is 51.8 Å². The summed E-state index contributed by atoms with van der Waals surface area (Å²) in [5, 5.41) is 18.6. The van der Waals surface area contributed by atoms with E-state index in [1.54, 1.807) is 21.6 Å². The lowest BCUT2D eigenvalue weighted by atomic mass is 9.88. The third kappa shape index (κ3) is 15.4. The van der Waals surface area contributed by atoms with Gasteiger partial charge in [0.05, 0.1) is 12.5 Å². The summed E-state index contributed by atoms with van der Waals surface area (Å²) in [5.74, 6) is -1.06. The lowest BCUT2D eigenvalue weighted by Crippen LogP contribution is -2.34. The summed E-state index contributed by atoms with van der Waals surface area (Å²) < 4.78 is 37.5. The predicted octanol–water partition coefficient (Wildman–Crippen LogP) is 3.43. The first kappa shape index (κ1) is 27.9. The highest BCUT2D eigenvalue weighted by molar-refractivity contribution is 8.76. The van der Waals surface area contributed by atoms with Gasteiger partial charge in [-0.1, -0.05) is 35.4 Å². The second-order valence-electron chi connectivity index (χ2n) is 6.69. The number of ether oxygens (including phenoxy) is 1. The third-order valence-corrected chi connectivity index (χ3v) is 6.28. The molecule has 0 aromatic carbocycles. The van der Waals surface area contributed by atoms with Crippen LogP contribution >= 0.6 is 21.6 Å². The van der Waals surface area contributed by atoms with Crippen molar-refractivity contribution in [2.24, 2.45) is 11.8 Å². The van der Waals surface area contributed by atoms with Crippen LogP contribution in [0.15, 0.2) is 0 Å². The molecule has 2 unspecified atom stereocenters. The molecule has 1 aliphatic rings. The van der Waals surface area contributed by atoms with E-state index in [2.05, 4.69) is 19.2 Å². The average molecular weight is 464 g/mol. The fourth-order valence-corrected chi connectivity index (χ4v) is 4.25. The van der Waals surface area contributed by atoms with Gasteiger partial charge in [-0.15, -0.1) is 0 Å². The maximum atomic E-state index is 11.9. The molecule has 2 atom stereocenters. The maximum Gasteiger partial charge on any atom is 0.490 e. The minimum atomic E-state index is -5.08. The fourth-order valence-electron chi connectivity index (χ4n) is 2.36. The van der Waals surface area contributed by atoms with E-state index in [1.165, 1.54) is 0 Å². The number of carbonyl (C=O) groups excluding carboxylic acids is 1. The Balaban J connectivity index is 0.000000956. The predicted molar refractivity (Wildman–Crippen MR) is 106 cm³/mol. The number of carboxylic acids is 2. The van der Waals surface area contributed by atoms with Crippen molar-refractivity contribution in [3.63, 3.8) is 0 Å². The number of amides is 1. The molecule has 7 nitrogen and oxygen atoms in total. The van der Waals surface area contributed by atoms with Gasteiger partial charge in [0.2, 0.25) is 5.91 Å². The molecule has 3 N–H and O–H groups in total. The molecule has 1 saturated heterocycles. The number of alkyl halides is 3. The van der Waals surface area contributed by atoms with Crippen molar-refractivity contribution in [1.29, 1.82) is 0 Å². The van der Waals surface area contributed by atoms with Gasteiger partial charge < -0.3 is 20.3 Å². The van der Waals surface area contributed by atoms with Crippen molar-refractivity contribution in [3.8, 4) is 0 Å². The van der Waals surface area contributed by atoms with Crippen LogP contribution in [0.3, 0.4) is 0 Å². The van der Waals surface area contributed by atoms with Gasteiger partial charge in [-0.3, -0.25) is 9.59 Å². The van der Waals surface area contributed by atoms with E-state index in [9.17, 15) is 22.8 Å². The van der Waals surface area contributed by atoms with E-state index < -0.39 is 18.1 Å². The quantitative estimate of drug-likeness (QED) is 0.334. The molecule has 0 radical (unpaired) electrons. The lowest BCUT2D eigenvalue weighted by Gasteiger charge is -2.31. The van der Waals surface area contributed by atoms with Gasteiger partial charge in [-0.2, -0.15) is 13.2 Å². The molecule has 0 aromatic rings. The SMILES string of the molecule is CC(C)C1CC(CC(=O)NCCSSCCC(=O)O)CCO1.O=C(O)C(F)(F)F. The Morgan fingerprint density at radius 3 is 2.28 bits per heavy atom. The van der Waals surface area contributed by atoms with E-state index in [1.807, 2.05) is 0 Å². The van der Waals surface area contributed by atoms with Crippen molar-refractivity contribution < 1.29 is 42.5 Å². The largest absolute Gasteiger partial charge is 0.490 e. The molecule has 170 valence electrons. The maximum absolute atomic E-state index is 11.9. The second kappa shape index (κ2) is 14.8. The topological polar surface area (TPSA) is 113 Å². The van der Waals surface area contributed by atoms with Crippen LogP contribution < -0.4 is 5.32 Å². The van der Waals surface area contributed by atoms with Gasteiger partial charge in [0.15, 0.2) is 0 Å². The molecule has 1 fully saturated rings. The molecule has 1 heterocycles. The van der Waals surface area contributed by atoms with Gasteiger partial charge in [0.25, 0.3) is 0 Å². The summed E-state index contributed by atoms with van der Waals surface area (Å²) in [6.45, 7) is 5.72. The molecule has 12 heteroatoms. The van der Waals surface area contributed by atoms with Crippen molar-refractivity contribution in [1.82, 2.24) is 5.32 Å². The van der Waals surface area contributed by atoms with Crippen LogP contribution in [-0.2, 0) is 19.1 Å². The Labute approximate surface area is 175 Å². The molecule has 1 aliphatic heterocycles. The van der Waals surface area contributed by atoms with Gasteiger partial charge in [-0.05, 0) is 24.7 Å². The second-order valence-corrected chi connectivity index (χ2v) is 9.39. The smallest absolute Gasteiger partial charge is 0.481 e. The number of carboxylic acid groups (broad SMARTS) is 2.